The molecule has 3 rings (SSSR count). The highest BCUT2D eigenvalue weighted by molar-refractivity contribution is 5.96. The molecule has 180 valence electrons. The number of methoxy groups -OCH3 is 1. The van der Waals surface area contributed by atoms with Gasteiger partial charge in [-0.1, -0.05) is 32.0 Å². The Hall–Kier alpha value is -3.95. The maximum Gasteiger partial charge on any atom is 0.514 e. The third-order valence-corrected chi connectivity index (χ3v) is 5.08. The number of carbonyl (C=O) groups is 2. The minimum Gasteiger partial charge on any atom is -0.493 e. The maximum absolute atomic E-state index is 13.0. The van der Waals surface area contributed by atoms with E-state index in [1.165, 1.54) is 24.9 Å². The lowest BCUT2D eigenvalue weighted by atomic mass is 10.0. The van der Waals surface area contributed by atoms with Crippen molar-refractivity contribution in [1.82, 2.24) is 25.1 Å². The van der Waals surface area contributed by atoms with Crippen LogP contribution in [0.5, 0.6) is 11.5 Å². The van der Waals surface area contributed by atoms with Crippen molar-refractivity contribution in [3.05, 3.63) is 53.6 Å². The van der Waals surface area contributed by atoms with Crippen LogP contribution in [0.25, 0.3) is 11.4 Å². The Morgan fingerprint density at radius 1 is 1.18 bits per heavy atom. The molecule has 10 nitrogen and oxygen atoms in total. The van der Waals surface area contributed by atoms with Gasteiger partial charge in [-0.3, -0.25) is 4.79 Å². The molecule has 1 amide bonds. The van der Waals surface area contributed by atoms with Crippen LogP contribution in [0, 0.1) is 0 Å². The van der Waals surface area contributed by atoms with Gasteiger partial charge in [-0.25, -0.2) is 19.4 Å². The molecule has 0 spiro atoms. The van der Waals surface area contributed by atoms with E-state index in [0.29, 0.717) is 17.6 Å². The maximum atomic E-state index is 13.0. The zero-order chi connectivity index (χ0) is 24.8. The first kappa shape index (κ1) is 24.7. The molecule has 1 atom stereocenters. The lowest BCUT2D eigenvalue weighted by molar-refractivity contribution is 0.0915. The van der Waals surface area contributed by atoms with Crippen LogP contribution >= 0.6 is 0 Å². The van der Waals surface area contributed by atoms with E-state index in [2.05, 4.69) is 46.4 Å². The summed E-state index contributed by atoms with van der Waals surface area (Å²) in [5.74, 6) is 0.951. The quantitative estimate of drug-likeness (QED) is 0.493. The third kappa shape index (κ3) is 5.51. The molecule has 3 aromatic rings. The number of rotatable bonds is 8. The number of nitrogens with zero attached hydrogens (tertiary/aromatic N) is 4. The molecule has 0 saturated carbocycles. The summed E-state index contributed by atoms with van der Waals surface area (Å²) in [6, 6.07) is 9.05. The minimum absolute atomic E-state index is 0.119. The molecule has 0 bridgehead atoms. The zero-order valence-corrected chi connectivity index (χ0v) is 20.2. The molecule has 0 aliphatic heterocycles. The van der Waals surface area contributed by atoms with Crippen molar-refractivity contribution in [2.24, 2.45) is 7.05 Å². The number of aryl methyl sites for hydroxylation is 1. The van der Waals surface area contributed by atoms with Crippen LogP contribution in [0.1, 0.15) is 61.5 Å². The third-order valence-electron chi connectivity index (χ3n) is 5.08. The highest BCUT2D eigenvalue weighted by atomic mass is 16.7. The molecule has 2 aromatic heterocycles. The van der Waals surface area contributed by atoms with Crippen LogP contribution in [0.3, 0.4) is 0 Å². The first-order chi connectivity index (χ1) is 16.2. The van der Waals surface area contributed by atoms with E-state index in [0.717, 1.165) is 5.56 Å². The van der Waals surface area contributed by atoms with Crippen LogP contribution in [0.4, 0.5) is 4.79 Å². The molecule has 0 unspecified atom stereocenters. The lowest BCUT2D eigenvalue weighted by Crippen LogP contribution is -2.29. The van der Waals surface area contributed by atoms with Gasteiger partial charge in [-0.2, -0.15) is 5.10 Å². The molecular weight excluding hydrogens is 438 g/mol. The normalized spacial score (nSPS) is 11.7. The molecule has 1 aromatic carbocycles. The summed E-state index contributed by atoms with van der Waals surface area (Å²) in [6.07, 6.45) is 0.422. The molecule has 0 aliphatic carbocycles. The van der Waals surface area contributed by atoms with Crippen molar-refractivity contribution in [1.29, 1.82) is 0 Å². The zero-order valence-electron chi connectivity index (χ0n) is 20.2. The molecule has 10 heteroatoms. The van der Waals surface area contributed by atoms with Crippen molar-refractivity contribution in [3.8, 4) is 22.9 Å². The fraction of sp³-hybridized carbons (Fsp3) is 0.375. The smallest absolute Gasteiger partial charge is 0.493 e. The molecule has 0 radical (unpaired) electrons. The number of hydrogen-bond acceptors (Lipinski definition) is 8. The van der Waals surface area contributed by atoms with E-state index in [-0.39, 0.29) is 23.8 Å². The number of amides is 1. The summed E-state index contributed by atoms with van der Waals surface area (Å²) in [4.78, 5) is 33.6. The predicted octanol–water partition coefficient (Wildman–Crippen LogP) is 4.04. The molecule has 2 heterocycles. The summed E-state index contributed by atoms with van der Waals surface area (Å²) in [5.41, 5.74) is 2.01. The number of aromatic nitrogens is 4. The van der Waals surface area contributed by atoms with E-state index >= 15 is 0 Å². The van der Waals surface area contributed by atoms with Crippen molar-refractivity contribution >= 4 is 12.1 Å². The van der Waals surface area contributed by atoms with Gasteiger partial charge >= 0.3 is 6.16 Å². The van der Waals surface area contributed by atoms with Gasteiger partial charge in [0.25, 0.3) is 5.91 Å². The first-order valence-electron chi connectivity index (χ1n) is 10.9. The van der Waals surface area contributed by atoms with Crippen LogP contribution < -0.4 is 14.8 Å². The number of carbonyl (C=O) groups excluding carboxylic acids is 2. The summed E-state index contributed by atoms with van der Waals surface area (Å²) in [6.45, 7) is 7.78. The molecule has 0 fully saturated rings. The molecule has 0 aliphatic rings. The Morgan fingerprint density at radius 3 is 2.62 bits per heavy atom. The minimum atomic E-state index is -0.962. The second-order valence-electron chi connectivity index (χ2n) is 7.87. The largest absolute Gasteiger partial charge is 0.514 e. The number of hydrogen-bond donors (Lipinski definition) is 1. The Kier molecular flexibility index (Phi) is 7.83. The fourth-order valence-corrected chi connectivity index (χ4v) is 3.29. The monoisotopic (exact) mass is 467 g/mol. The van der Waals surface area contributed by atoms with Gasteiger partial charge in [0.15, 0.2) is 23.1 Å². The van der Waals surface area contributed by atoms with Crippen LogP contribution in [-0.2, 0) is 11.8 Å². The van der Waals surface area contributed by atoms with Gasteiger partial charge in [0.1, 0.15) is 0 Å². The highest BCUT2D eigenvalue weighted by Crippen LogP contribution is 2.30. The van der Waals surface area contributed by atoms with Crippen LogP contribution in [0.15, 0.2) is 36.5 Å². The molecule has 34 heavy (non-hydrogen) atoms. The average molecular weight is 468 g/mol. The Labute approximate surface area is 198 Å². The van der Waals surface area contributed by atoms with E-state index in [1.54, 1.807) is 25.6 Å². The first-order valence-corrected chi connectivity index (χ1v) is 10.9. The van der Waals surface area contributed by atoms with E-state index in [4.69, 9.17) is 14.2 Å². The van der Waals surface area contributed by atoms with E-state index in [9.17, 15) is 9.59 Å². The van der Waals surface area contributed by atoms with Gasteiger partial charge in [0, 0.05) is 24.9 Å². The second kappa shape index (κ2) is 10.8. The summed E-state index contributed by atoms with van der Waals surface area (Å²) >= 11 is 0. The average Bonchev–Trinajstić information content (AvgIpc) is 3.21. The molecule has 1 N–H and O–H groups in total. The number of pyridine rings is 1. The van der Waals surface area contributed by atoms with Gasteiger partial charge in [0.2, 0.25) is 5.75 Å². The predicted molar refractivity (Wildman–Crippen MR) is 125 cm³/mol. The Morgan fingerprint density at radius 2 is 1.94 bits per heavy atom. The summed E-state index contributed by atoms with van der Waals surface area (Å²) < 4.78 is 16.9. The van der Waals surface area contributed by atoms with Gasteiger partial charge in [-0.05, 0) is 31.4 Å². The SMILES string of the molecule is CCOC(=O)Oc1c(OC)ccnc1C(=O)N[C@@H](C)c1nc(-c2cccc(C(C)C)c2)n(C)n1. The molecule has 0 saturated heterocycles. The van der Waals surface area contributed by atoms with E-state index in [1.807, 2.05) is 12.1 Å². The van der Waals surface area contributed by atoms with Gasteiger partial charge in [-0.15, -0.1) is 0 Å². The van der Waals surface area contributed by atoms with Gasteiger partial charge in [0.05, 0.1) is 19.8 Å². The summed E-state index contributed by atoms with van der Waals surface area (Å²) in [5, 5.41) is 7.28. The van der Waals surface area contributed by atoms with Crippen molar-refractivity contribution < 1.29 is 23.8 Å². The second-order valence-corrected chi connectivity index (χ2v) is 7.87. The van der Waals surface area contributed by atoms with E-state index < -0.39 is 18.1 Å². The number of nitrogens with one attached hydrogen (secondary N) is 1. The van der Waals surface area contributed by atoms with Crippen LogP contribution in [0.2, 0.25) is 0 Å². The van der Waals surface area contributed by atoms with Gasteiger partial charge < -0.3 is 19.5 Å². The topological polar surface area (TPSA) is 117 Å². The lowest BCUT2D eigenvalue weighted by Gasteiger charge is -2.14. The highest BCUT2D eigenvalue weighted by Gasteiger charge is 2.25. The Balaban J connectivity index is 1.84. The number of benzene rings is 1. The standard InChI is InChI=1S/C24H29N5O5/c1-7-33-24(31)34-20-18(32-6)11-12-25-19(20)23(30)26-15(4)21-27-22(29(5)28-21)17-10-8-9-16(13-17)14(2)3/h8-15H,7H2,1-6H3,(H,26,30)/t15-/m0/s1. The fourth-order valence-electron chi connectivity index (χ4n) is 3.29. The van der Waals surface area contributed by atoms with Crippen molar-refractivity contribution in [2.75, 3.05) is 13.7 Å². The summed E-state index contributed by atoms with van der Waals surface area (Å²) in [7, 11) is 3.20. The molecular formula is C24H29N5O5. The Bertz CT molecular complexity index is 1170. The van der Waals surface area contributed by atoms with Crippen molar-refractivity contribution in [3.63, 3.8) is 0 Å². The van der Waals surface area contributed by atoms with Crippen LogP contribution in [-0.4, -0.2) is 45.5 Å². The number of ether oxygens (including phenoxy) is 3. The van der Waals surface area contributed by atoms with Crippen molar-refractivity contribution in [2.45, 2.75) is 39.7 Å².